The summed E-state index contributed by atoms with van der Waals surface area (Å²) >= 11 is 0.847. The van der Waals surface area contributed by atoms with Crippen LogP contribution in [0.25, 0.3) is 0 Å². The van der Waals surface area contributed by atoms with Crippen LogP contribution >= 0.6 is 0 Å². The summed E-state index contributed by atoms with van der Waals surface area (Å²) in [5.74, 6) is 0. The first-order chi connectivity index (χ1) is 4.81. The van der Waals surface area contributed by atoms with Crippen LogP contribution in [0.15, 0.2) is 0 Å². The molecule has 0 aromatic carbocycles. The van der Waals surface area contributed by atoms with Gasteiger partial charge in [0.2, 0.25) is 0 Å². The Hall–Kier alpha value is 0.984. The molecule has 0 heterocycles. The summed E-state index contributed by atoms with van der Waals surface area (Å²) in [6.45, 7) is 4.01. The van der Waals surface area contributed by atoms with Gasteiger partial charge in [0.25, 0.3) is 0 Å². The van der Waals surface area contributed by atoms with Crippen molar-refractivity contribution in [1.82, 2.24) is 0 Å². The molecule has 3 nitrogen and oxygen atoms in total. The van der Waals surface area contributed by atoms with Crippen LogP contribution in [0, 0.1) is 0 Å². The van der Waals surface area contributed by atoms with E-state index >= 15 is 0 Å². The second-order valence-electron chi connectivity index (χ2n) is 1.99. The minimum absolute atomic E-state index is 0.188. The third kappa shape index (κ3) is 7.10. The standard InChI is InChI=1S/C6H13O3.Y/c1-6(8-2)5-9-4-3-7;/h6H,3-5H2,1-2H3;/q-1;+1. The fourth-order valence-corrected chi connectivity index (χ4v) is 0.661. The third-order valence-electron chi connectivity index (χ3n) is 1.10. The molecular formula is C6H13O3Y. The quantitative estimate of drug-likeness (QED) is 0.613. The zero-order valence-electron chi connectivity index (χ0n) is 6.50. The van der Waals surface area contributed by atoms with E-state index in [4.69, 9.17) is 11.5 Å². The van der Waals surface area contributed by atoms with Crippen LogP contribution in [0.4, 0.5) is 0 Å². The summed E-state index contributed by atoms with van der Waals surface area (Å²) in [4.78, 5) is 0. The molecule has 0 aromatic rings. The molecule has 1 unspecified atom stereocenters. The molecule has 0 aromatic heterocycles. The van der Waals surface area contributed by atoms with Crippen LogP contribution in [0.1, 0.15) is 6.92 Å². The molecule has 4 heteroatoms. The van der Waals surface area contributed by atoms with Crippen molar-refractivity contribution in [3.05, 3.63) is 0 Å². The Morgan fingerprint density at radius 3 is 2.60 bits per heavy atom. The summed E-state index contributed by atoms with van der Waals surface area (Å²) in [6, 6.07) is 0. The maximum absolute atomic E-state index is 5.20. The van der Waals surface area contributed by atoms with Crippen LogP contribution < -0.4 is 0 Å². The van der Waals surface area contributed by atoms with E-state index in [1.165, 1.54) is 0 Å². The molecule has 58 valence electrons. The van der Waals surface area contributed by atoms with Gasteiger partial charge in [-0.25, -0.2) is 0 Å². The van der Waals surface area contributed by atoms with E-state index < -0.39 is 0 Å². The average Bonchev–Trinajstić information content (AvgIpc) is 1.98. The van der Waals surface area contributed by atoms with Crippen LogP contribution in [-0.4, -0.2) is 33.0 Å². The van der Waals surface area contributed by atoms with Crippen LogP contribution in [0.3, 0.4) is 0 Å². The predicted octanol–water partition coefficient (Wildman–Crippen LogP) is 0.516. The molecule has 0 aliphatic carbocycles. The Kier molecular flexibility index (Phi) is 8.88. The topological polar surface area (TPSA) is 27.7 Å². The van der Waals surface area contributed by atoms with Crippen molar-refractivity contribution in [3.63, 3.8) is 0 Å². The Bertz CT molecular complexity index is 70.0. The molecule has 0 saturated carbocycles. The summed E-state index contributed by atoms with van der Waals surface area (Å²) in [5.41, 5.74) is 0. The van der Waals surface area contributed by atoms with Crippen molar-refractivity contribution in [1.29, 1.82) is 0 Å². The van der Waals surface area contributed by atoms with E-state index in [0.717, 1.165) is 31.5 Å². The van der Waals surface area contributed by atoms with E-state index in [1.807, 2.05) is 6.92 Å². The molecule has 0 N–H and O–H groups in total. The molecule has 10 heavy (non-hydrogen) atoms. The van der Waals surface area contributed by atoms with E-state index in [0.29, 0.717) is 19.8 Å². The van der Waals surface area contributed by atoms with Crippen molar-refractivity contribution in [2.75, 3.05) is 26.9 Å². The van der Waals surface area contributed by atoms with Crippen molar-refractivity contribution in [2.45, 2.75) is 13.0 Å². The van der Waals surface area contributed by atoms with Gasteiger partial charge in [-0.05, 0) is 0 Å². The molecule has 1 atom stereocenters. The Balaban J connectivity index is 2.89. The third-order valence-corrected chi connectivity index (χ3v) is 1.68. The SMILES string of the molecule is COC(C)COCC[O][Y]. The molecule has 0 radical (unpaired) electrons. The van der Waals surface area contributed by atoms with E-state index in [2.05, 4.69) is 0 Å². The van der Waals surface area contributed by atoms with Crippen LogP contribution in [0.2, 0.25) is 0 Å². The molecule has 0 amide bonds. The van der Waals surface area contributed by atoms with Crippen LogP contribution in [0.5, 0.6) is 0 Å². The van der Waals surface area contributed by atoms with Gasteiger partial charge in [-0.15, -0.1) is 0 Å². The fourth-order valence-electron chi connectivity index (χ4n) is 0.424. The zero-order chi connectivity index (χ0) is 7.82. The van der Waals surface area contributed by atoms with Gasteiger partial charge in [-0.2, -0.15) is 0 Å². The Morgan fingerprint density at radius 1 is 1.40 bits per heavy atom. The monoisotopic (exact) mass is 222 g/mol. The van der Waals surface area contributed by atoms with Crippen molar-refractivity contribution >= 4 is 0 Å². The average molecular weight is 222 g/mol. The summed E-state index contributed by atoms with van der Waals surface area (Å²) in [7, 11) is 1.68. The number of rotatable bonds is 6. The second kappa shape index (κ2) is 8.08. The number of methoxy groups -OCH3 is 1. The first-order valence-corrected chi connectivity index (χ1v) is 4.39. The van der Waals surface area contributed by atoms with Gasteiger partial charge in [-0.1, -0.05) is 0 Å². The number of hydrogen-bond acceptors (Lipinski definition) is 3. The number of ether oxygens (including phenoxy) is 2. The van der Waals surface area contributed by atoms with E-state index in [1.54, 1.807) is 7.11 Å². The second-order valence-corrected chi connectivity index (χ2v) is 2.81. The molecule has 0 bridgehead atoms. The molecule has 0 spiro atoms. The van der Waals surface area contributed by atoms with Gasteiger partial charge in [0.15, 0.2) is 0 Å². The molecule has 0 saturated heterocycles. The number of hydrogen-bond donors (Lipinski definition) is 0. The Morgan fingerprint density at radius 2 is 2.10 bits per heavy atom. The zero-order valence-corrected chi connectivity index (χ0v) is 9.34. The van der Waals surface area contributed by atoms with Gasteiger partial charge < -0.3 is 0 Å². The molecular weight excluding hydrogens is 209 g/mol. The van der Waals surface area contributed by atoms with Crippen molar-refractivity contribution < 1.29 is 43.0 Å². The van der Waals surface area contributed by atoms with Gasteiger partial charge >= 0.3 is 82.9 Å². The van der Waals surface area contributed by atoms with Crippen molar-refractivity contribution in [2.24, 2.45) is 0 Å². The van der Waals surface area contributed by atoms with E-state index in [-0.39, 0.29) is 6.10 Å². The Labute approximate surface area is 82.7 Å². The predicted molar refractivity (Wildman–Crippen MR) is 33.2 cm³/mol. The maximum atomic E-state index is 5.20. The molecule has 0 aliphatic rings. The summed E-state index contributed by atoms with van der Waals surface area (Å²) < 4.78 is 15.1. The fraction of sp³-hybridized carbons (Fsp3) is 1.00. The van der Waals surface area contributed by atoms with Gasteiger partial charge in [0, 0.05) is 0 Å². The van der Waals surface area contributed by atoms with Crippen LogP contribution in [-0.2, 0) is 43.0 Å². The van der Waals surface area contributed by atoms with Gasteiger partial charge in [0.1, 0.15) is 0 Å². The van der Waals surface area contributed by atoms with E-state index in [9.17, 15) is 0 Å². The van der Waals surface area contributed by atoms with Crippen molar-refractivity contribution in [3.8, 4) is 0 Å². The summed E-state index contributed by atoms with van der Waals surface area (Å²) in [6.07, 6.45) is 0.188. The van der Waals surface area contributed by atoms with Gasteiger partial charge in [-0.3, -0.25) is 0 Å². The van der Waals surface area contributed by atoms with Gasteiger partial charge in [0.05, 0.1) is 0 Å². The first kappa shape index (κ1) is 11.0. The normalized spacial score (nSPS) is 13.3. The molecule has 0 rings (SSSR count). The first-order valence-electron chi connectivity index (χ1n) is 3.23. The summed E-state index contributed by atoms with van der Waals surface area (Å²) in [5, 5.41) is 0. The molecule has 0 fully saturated rings. The molecule has 0 aliphatic heterocycles. The minimum atomic E-state index is 0.188.